The Labute approximate surface area is 401 Å². The molecule has 0 amide bonds. The number of hydrogen-bond acceptors (Lipinski definition) is 3. The van der Waals surface area contributed by atoms with E-state index in [0.29, 0.717) is 5.92 Å². The van der Waals surface area contributed by atoms with Crippen LogP contribution in [0.25, 0.3) is 21.9 Å². The fourth-order valence-electron chi connectivity index (χ4n) is 14.2. The second-order valence-corrected chi connectivity index (χ2v) is 25.5. The molecule has 1 saturated carbocycles. The summed E-state index contributed by atoms with van der Waals surface area (Å²) in [6.45, 7) is 31.5. The summed E-state index contributed by atoms with van der Waals surface area (Å²) < 4.78 is 6.97. The van der Waals surface area contributed by atoms with Crippen molar-refractivity contribution in [3.05, 3.63) is 136 Å². The van der Waals surface area contributed by atoms with Gasteiger partial charge in [-0.25, -0.2) is 0 Å². The summed E-state index contributed by atoms with van der Waals surface area (Å²) in [6.07, 6.45) is 9.94. The molecule has 6 aromatic carbocycles. The molecule has 1 aromatic heterocycles. The number of para-hydroxylation sites is 1. The summed E-state index contributed by atoms with van der Waals surface area (Å²) >= 11 is 0. The molecular formula is C63H71BN2O. The van der Waals surface area contributed by atoms with Gasteiger partial charge in [0.05, 0.1) is 0 Å². The molecule has 0 saturated heterocycles. The van der Waals surface area contributed by atoms with E-state index in [4.69, 9.17) is 4.42 Å². The molecule has 0 bridgehead atoms. The molecule has 0 radical (unpaired) electrons. The van der Waals surface area contributed by atoms with Crippen LogP contribution in [-0.4, -0.2) is 6.71 Å². The number of rotatable bonds is 3. The normalized spacial score (nSPS) is 19.9. The monoisotopic (exact) mass is 883 g/mol. The van der Waals surface area contributed by atoms with Crippen molar-refractivity contribution in [3.8, 4) is 0 Å². The van der Waals surface area contributed by atoms with E-state index in [1.165, 1.54) is 151 Å². The molecule has 7 aromatic rings. The van der Waals surface area contributed by atoms with Crippen molar-refractivity contribution in [2.45, 2.75) is 174 Å². The predicted octanol–water partition coefficient (Wildman–Crippen LogP) is 15.9. The van der Waals surface area contributed by atoms with Gasteiger partial charge in [-0.05, 0) is 194 Å². The lowest BCUT2D eigenvalue weighted by Crippen LogP contribution is -2.61. The molecule has 0 atom stereocenters. The Hall–Kier alpha value is -5.22. The molecule has 4 heteroatoms. The Balaban J connectivity index is 1.23. The van der Waals surface area contributed by atoms with Gasteiger partial charge in [-0.3, -0.25) is 0 Å². The third-order valence-corrected chi connectivity index (χ3v) is 17.9. The lowest BCUT2D eigenvalue weighted by atomic mass is 9.33. The maximum atomic E-state index is 6.97. The lowest BCUT2D eigenvalue weighted by molar-refractivity contribution is 0.332. The summed E-state index contributed by atoms with van der Waals surface area (Å²) in [5.74, 6) is 0.525. The first kappa shape index (κ1) is 43.1. The summed E-state index contributed by atoms with van der Waals surface area (Å²) in [7, 11) is 0. The molecule has 342 valence electrons. The van der Waals surface area contributed by atoms with E-state index in [2.05, 4.69) is 191 Å². The van der Waals surface area contributed by atoms with Crippen molar-refractivity contribution in [3.63, 3.8) is 0 Å². The second-order valence-electron chi connectivity index (χ2n) is 25.5. The van der Waals surface area contributed by atoms with Gasteiger partial charge in [0.15, 0.2) is 0 Å². The van der Waals surface area contributed by atoms with Gasteiger partial charge in [-0.15, -0.1) is 0 Å². The minimum atomic E-state index is 0.00722. The molecule has 67 heavy (non-hydrogen) atoms. The topological polar surface area (TPSA) is 19.6 Å². The van der Waals surface area contributed by atoms with Gasteiger partial charge in [0.25, 0.3) is 6.71 Å². The standard InChI is InChI=1S/C63H71BN2O/c1-37-19-17-18-22-50(37)65-52-31-43-42-30-41(59(3,4)5)23-24-56(42)67-57(43)35-49(52)64-48-32-45-47(63(12,13)36-62(45,10)11)34-53(48)66(55-29-40(28-54(65)58(55)64)39-20-15-14-16-21-39)51-33-46-44(27-38(51)2)60(6,7)25-26-61(46,8)9/h17-19,22-24,27-35,39H,14-16,20-21,25-26,36H2,1-13H3. The molecule has 3 nitrogen and oxygen atoms in total. The number of nitrogens with zero attached hydrogens (tertiary/aromatic N) is 2. The Morgan fingerprint density at radius 2 is 1.09 bits per heavy atom. The first-order valence-electron chi connectivity index (χ1n) is 25.8. The molecule has 1 fully saturated rings. The zero-order valence-corrected chi connectivity index (χ0v) is 42.8. The van der Waals surface area contributed by atoms with Gasteiger partial charge in [0.2, 0.25) is 0 Å². The third-order valence-electron chi connectivity index (χ3n) is 17.9. The van der Waals surface area contributed by atoms with Crippen molar-refractivity contribution in [1.29, 1.82) is 0 Å². The highest BCUT2D eigenvalue weighted by Crippen LogP contribution is 2.55. The average molecular weight is 883 g/mol. The quantitative estimate of drug-likeness (QED) is 0.165. The van der Waals surface area contributed by atoms with E-state index >= 15 is 0 Å². The van der Waals surface area contributed by atoms with Gasteiger partial charge in [0.1, 0.15) is 11.2 Å². The number of fused-ring (bicyclic) bond motifs is 9. The average Bonchev–Trinajstić information content (AvgIpc) is 3.72. The molecule has 0 N–H and O–H groups in total. The van der Waals surface area contributed by atoms with Gasteiger partial charge < -0.3 is 14.2 Å². The van der Waals surface area contributed by atoms with Gasteiger partial charge in [-0.2, -0.15) is 0 Å². The maximum absolute atomic E-state index is 6.97. The lowest BCUT2D eigenvalue weighted by Gasteiger charge is -2.47. The first-order chi connectivity index (χ1) is 31.6. The molecule has 3 aliphatic carbocycles. The highest BCUT2D eigenvalue weighted by Gasteiger charge is 2.49. The summed E-state index contributed by atoms with van der Waals surface area (Å²) in [4.78, 5) is 5.45. The molecule has 0 unspecified atom stereocenters. The van der Waals surface area contributed by atoms with Crippen molar-refractivity contribution in [1.82, 2.24) is 0 Å². The minimum absolute atomic E-state index is 0.00722. The number of hydrogen-bond donors (Lipinski definition) is 0. The fourth-order valence-corrected chi connectivity index (χ4v) is 14.2. The van der Waals surface area contributed by atoms with Gasteiger partial charge >= 0.3 is 0 Å². The molecular weight excluding hydrogens is 812 g/mol. The minimum Gasteiger partial charge on any atom is -0.456 e. The Kier molecular flexibility index (Phi) is 9.12. The molecule has 5 aliphatic rings. The molecule has 0 spiro atoms. The van der Waals surface area contributed by atoms with Crippen LogP contribution in [0.1, 0.15) is 178 Å². The van der Waals surface area contributed by atoms with E-state index < -0.39 is 0 Å². The number of aryl methyl sites for hydroxylation is 2. The van der Waals surface area contributed by atoms with E-state index in [9.17, 15) is 0 Å². The van der Waals surface area contributed by atoms with Gasteiger partial charge in [0, 0.05) is 44.9 Å². The predicted molar refractivity (Wildman–Crippen MR) is 288 cm³/mol. The first-order valence-corrected chi connectivity index (χ1v) is 25.8. The van der Waals surface area contributed by atoms with Crippen molar-refractivity contribution >= 4 is 79.2 Å². The molecule has 3 heterocycles. The van der Waals surface area contributed by atoms with E-state index in [0.717, 1.165) is 17.6 Å². The van der Waals surface area contributed by atoms with Crippen LogP contribution < -0.4 is 26.2 Å². The Morgan fingerprint density at radius 3 is 1.76 bits per heavy atom. The number of anilines is 6. The van der Waals surface area contributed by atoms with Crippen LogP contribution in [0.15, 0.2) is 95.4 Å². The smallest absolute Gasteiger partial charge is 0.252 e. The van der Waals surface area contributed by atoms with Crippen molar-refractivity contribution in [2.24, 2.45) is 0 Å². The zero-order valence-electron chi connectivity index (χ0n) is 42.8. The van der Waals surface area contributed by atoms with Crippen LogP contribution in [0, 0.1) is 13.8 Å². The number of benzene rings is 6. The van der Waals surface area contributed by atoms with Crippen LogP contribution in [0.2, 0.25) is 0 Å². The van der Waals surface area contributed by atoms with Crippen molar-refractivity contribution < 1.29 is 4.42 Å². The van der Waals surface area contributed by atoms with Crippen LogP contribution in [0.3, 0.4) is 0 Å². The highest BCUT2D eigenvalue weighted by molar-refractivity contribution is 7.00. The molecule has 2 aliphatic heterocycles. The van der Waals surface area contributed by atoms with Crippen LogP contribution >= 0.6 is 0 Å². The van der Waals surface area contributed by atoms with Gasteiger partial charge in [-0.1, -0.05) is 132 Å². The SMILES string of the molecule is Cc1ccccc1N1c2cc3c(cc2B2c4cc5c(cc4N(c4cc6c(cc4C)C(C)(C)CCC6(C)C)c4cc(C6CCCCC6)cc1c42)C(C)(C)CC5(C)C)oc1ccc(C(C)(C)C)cc13. The van der Waals surface area contributed by atoms with E-state index in [1.54, 1.807) is 0 Å². The van der Waals surface area contributed by atoms with E-state index in [1.807, 2.05) is 0 Å². The number of furan rings is 1. The maximum Gasteiger partial charge on any atom is 0.252 e. The van der Waals surface area contributed by atoms with Crippen LogP contribution in [-0.2, 0) is 27.1 Å². The molecule has 12 rings (SSSR count). The summed E-state index contributed by atoms with van der Waals surface area (Å²) in [5.41, 5.74) is 25.8. The third kappa shape index (κ3) is 6.36. The summed E-state index contributed by atoms with van der Waals surface area (Å²) in [5, 5.41) is 2.39. The van der Waals surface area contributed by atoms with Crippen molar-refractivity contribution in [2.75, 3.05) is 9.80 Å². The Morgan fingerprint density at radius 1 is 0.522 bits per heavy atom. The summed E-state index contributed by atoms with van der Waals surface area (Å²) in [6, 6.07) is 36.9. The van der Waals surface area contributed by atoms with Crippen LogP contribution in [0.4, 0.5) is 34.1 Å². The second kappa shape index (κ2) is 14.2. The van der Waals surface area contributed by atoms with E-state index in [-0.39, 0.29) is 33.8 Å². The fraction of sp³-hybridized carbons (Fsp3) is 0.429. The zero-order chi connectivity index (χ0) is 46.9. The highest BCUT2D eigenvalue weighted by atomic mass is 16.3. The Bertz CT molecular complexity index is 3230. The largest absolute Gasteiger partial charge is 0.456 e. The van der Waals surface area contributed by atoms with Crippen LogP contribution in [0.5, 0.6) is 0 Å².